The molecule has 0 spiro atoms. The molecule has 0 aromatic heterocycles. The first-order chi connectivity index (χ1) is 12.1. The number of hydrogen-bond acceptors (Lipinski definition) is 4. The highest BCUT2D eigenvalue weighted by Gasteiger charge is 2.22. The number of carbonyl (C=O) groups excluding carboxylic acids is 1. The fraction of sp³-hybridized carbons (Fsp3) is 0.632. The number of piperazine rings is 1. The van der Waals surface area contributed by atoms with Gasteiger partial charge in [0.25, 0.3) is 5.91 Å². The maximum atomic E-state index is 12.0. The summed E-state index contributed by atoms with van der Waals surface area (Å²) in [7, 11) is 1.68. The fourth-order valence-corrected chi connectivity index (χ4v) is 2.96. The van der Waals surface area contributed by atoms with Crippen molar-refractivity contribution >= 4 is 11.6 Å². The van der Waals surface area contributed by atoms with Gasteiger partial charge in [0.1, 0.15) is 5.75 Å². The number of hydrogen-bond donors (Lipinski definition) is 2. The van der Waals surface area contributed by atoms with Gasteiger partial charge in [0.15, 0.2) is 6.54 Å². The van der Waals surface area contributed by atoms with Crippen LogP contribution >= 0.6 is 0 Å². The molecule has 1 saturated heterocycles. The number of nitrogens with one attached hydrogen (secondary N) is 2. The van der Waals surface area contributed by atoms with Gasteiger partial charge in [0.05, 0.1) is 39.4 Å². The number of nitrogens with zero attached hydrogens (tertiary/aromatic N) is 1. The first kappa shape index (κ1) is 19.5. The van der Waals surface area contributed by atoms with Gasteiger partial charge in [0.2, 0.25) is 0 Å². The lowest BCUT2D eigenvalue weighted by Gasteiger charge is -2.33. The Bertz CT molecular complexity index is 511. The highest BCUT2D eigenvalue weighted by molar-refractivity contribution is 5.76. The van der Waals surface area contributed by atoms with E-state index in [-0.39, 0.29) is 12.0 Å². The average molecular weight is 350 g/mol. The van der Waals surface area contributed by atoms with E-state index in [9.17, 15) is 4.79 Å². The number of carbonyl (C=O) groups is 1. The zero-order valence-electron chi connectivity index (χ0n) is 15.7. The van der Waals surface area contributed by atoms with Crippen molar-refractivity contribution in [3.63, 3.8) is 0 Å². The smallest absolute Gasteiger partial charge is 0.275 e. The van der Waals surface area contributed by atoms with E-state index in [1.807, 2.05) is 26.0 Å². The number of methoxy groups -OCH3 is 1. The lowest BCUT2D eigenvalue weighted by Crippen LogP contribution is -3.15. The predicted molar refractivity (Wildman–Crippen MR) is 99.5 cm³/mol. The maximum absolute atomic E-state index is 12.0. The van der Waals surface area contributed by atoms with Crippen molar-refractivity contribution in [2.75, 3.05) is 57.9 Å². The summed E-state index contributed by atoms with van der Waals surface area (Å²) in [5.74, 6) is 1.01. The number of rotatable bonds is 9. The Hall–Kier alpha value is -1.79. The summed E-state index contributed by atoms with van der Waals surface area (Å²) >= 11 is 0. The molecule has 140 valence electrons. The van der Waals surface area contributed by atoms with E-state index in [4.69, 9.17) is 9.47 Å². The summed E-state index contributed by atoms with van der Waals surface area (Å²) in [4.78, 5) is 15.7. The molecule has 0 unspecified atom stereocenters. The molecule has 1 heterocycles. The van der Waals surface area contributed by atoms with Crippen LogP contribution in [0.3, 0.4) is 0 Å². The maximum Gasteiger partial charge on any atom is 0.275 e. The largest absolute Gasteiger partial charge is 0.497 e. The van der Waals surface area contributed by atoms with Gasteiger partial charge in [-0.3, -0.25) is 4.79 Å². The first-order valence-electron chi connectivity index (χ1n) is 9.19. The summed E-state index contributed by atoms with van der Waals surface area (Å²) in [6.45, 7) is 9.89. The Morgan fingerprint density at radius 1 is 1.24 bits per heavy atom. The summed E-state index contributed by atoms with van der Waals surface area (Å²) in [6, 6.07) is 8.17. The molecule has 6 heteroatoms. The first-order valence-corrected chi connectivity index (χ1v) is 9.19. The molecule has 1 fully saturated rings. The number of ether oxygens (including phenoxy) is 2. The van der Waals surface area contributed by atoms with E-state index in [1.54, 1.807) is 7.11 Å². The van der Waals surface area contributed by atoms with Gasteiger partial charge in [-0.05, 0) is 44.5 Å². The van der Waals surface area contributed by atoms with E-state index in [0.29, 0.717) is 19.7 Å². The molecule has 1 aliphatic rings. The van der Waals surface area contributed by atoms with Crippen molar-refractivity contribution in [2.24, 2.45) is 0 Å². The van der Waals surface area contributed by atoms with Crippen molar-refractivity contribution in [3.05, 3.63) is 24.3 Å². The number of quaternary nitrogens is 1. The molecular weight excluding hydrogens is 318 g/mol. The van der Waals surface area contributed by atoms with E-state index in [0.717, 1.165) is 38.3 Å². The second-order valence-electron chi connectivity index (χ2n) is 6.73. The number of benzene rings is 1. The quantitative estimate of drug-likeness (QED) is 0.631. The molecule has 0 saturated carbocycles. The van der Waals surface area contributed by atoms with E-state index < -0.39 is 0 Å². The predicted octanol–water partition coefficient (Wildman–Crippen LogP) is 0.331. The molecule has 2 rings (SSSR count). The molecule has 1 aromatic carbocycles. The summed E-state index contributed by atoms with van der Waals surface area (Å²) in [5.41, 5.74) is 1.22. The normalized spacial score (nSPS) is 15.4. The lowest BCUT2D eigenvalue weighted by atomic mass is 10.2. The van der Waals surface area contributed by atoms with Crippen molar-refractivity contribution < 1.29 is 19.2 Å². The van der Waals surface area contributed by atoms with E-state index in [1.165, 1.54) is 10.6 Å². The molecule has 1 aliphatic heterocycles. The number of amides is 1. The van der Waals surface area contributed by atoms with Gasteiger partial charge >= 0.3 is 0 Å². The van der Waals surface area contributed by atoms with Gasteiger partial charge in [-0.1, -0.05) is 0 Å². The summed E-state index contributed by atoms with van der Waals surface area (Å²) in [6.07, 6.45) is 1.12. The molecule has 1 aromatic rings. The molecule has 0 aliphatic carbocycles. The molecule has 0 bridgehead atoms. The van der Waals surface area contributed by atoms with Crippen LogP contribution < -0.4 is 19.9 Å². The Kier molecular flexibility index (Phi) is 8.01. The zero-order chi connectivity index (χ0) is 18.1. The van der Waals surface area contributed by atoms with Crippen LogP contribution in [0, 0.1) is 0 Å². The minimum Gasteiger partial charge on any atom is -0.497 e. The van der Waals surface area contributed by atoms with Gasteiger partial charge in [-0.25, -0.2) is 0 Å². The number of anilines is 1. The lowest BCUT2D eigenvalue weighted by molar-refractivity contribution is -0.892. The third-order valence-electron chi connectivity index (χ3n) is 4.41. The Morgan fingerprint density at radius 2 is 1.92 bits per heavy atom. The second-order valence-corrected chi connectivity index (χ2v) is 6.73. The Labute approximate surface area is 151 Å². The van der Waals surface area contributed by atoms with Crippen LogP contribution in [0.4, 0.5) is 5.69 Å². The molecule has 0 radical (unpaired) electrons. The van der Waals surface area contributed by atoms with Crippen LogP contribution in [-0.4, -0.2) is 65.0 Å². The Morgan fingerprint density at radius 3 is 2.52 bits per heavy atom. The summed E-state index contributed by atoms with van der Waals surface area (Å²) in [5, 5.41) is 2.99. The van der Waals surface area contributed by atoms with Gasteiger partial charge < -0.3 is 24.6 Å². The second kappa shape index (κ2) is 10.3. The van der Waals surface area contributed by atoms with Crippen LogP contribution in [-0.2, 0) is 9.53 Å². The molecule has 1 amide bonds. The van der Waals surface area contributed by atoms with Gasteiger partial charge in [-0.15, -0.1) is 0 Å². The monoisotopic (exact) mass is 350 g/mol. The van der Waals surface area contributed by atoms with Crippen molar-refractivity contribution in [1.82, 2.24) is 5.32 Å². The van der Waals surface area contributed by atoms with Crippen LogP contribution in [0.1, 0.15) is 20.3 Å². The van der Waals surface area contributed by atoms with Crippen LogP contribution in [0.25, 0.3) is 0 Å². The highest BCUT2D eigenvalue weighted by Crippen LogP contribution is 2.18. The van der Waals surface area contributed by atoms with Crippen molar-refractivity contribution in [3.8, 4) is 5.75 Å². The molecular formula is C19H32N3O3+. The summed E-state index contributed by atoms with van der Waals surface area (Å²) < 4.78 is 10.7. The highest BCUT2D eigenvalue weighted by atomic mass is 16.5. The van der Waals surface area contributed by atoms with Crippen molar-refractivity contribution in [1.29, 1.82) is 0 Å². The van der Waals surface area contributed by atoms with E-state index >= 15 is 0 Å². The van der Waals surface area contributed by atoms with Gasteiger partial charge in [-0.2, -0.15) is 0 Å². The zero-order valence-corrected chi connectivity index (χ0v) is 15.7. The topological polar surface area (TPSA) is 55.2 Å². The van der Waals surface area contributed by atoms with Crippen molar-refractivity contribution in [2.45, 2.75) is 26.4 Å². The fourth-order valence-electron chi connectivity index (χ4n) is 2.96. The third kappa shape index (κ3) is 6.92. The SMILES string of the molecule is COc1ccc(N2CC[NH+](CC(=O)NCCCOC(C)C)CC2)cc1. The molecule has 0 atom stereocenters. The molecule has 25 heavy (non-hydrogen) atoms. The van der Waals surface area contributed by atoms with E-state index in [2.05, 4.69) is 22.3 Å². The van der Waals surface area contributed by atoms with Crippen LogP contribution in [0.5, 0.6) is 5.75 Å². The molecule has 6 nitrogen and oxygen atoms in total. The third-order valence-corrected chi connectivity index (χ3v) is 4.41. The minimum absolute atomic E-state index is 0.137. The standard InChI is InChI=1S/C19H31N3O3/c1-16(2)25-14-4-9-20-19(23)15-21-10-12-22(13-11-21)17-5-7-18(24-3)8-6-17/h5-8,16H,4,9-15H2,1-3H3,(H,20,23)/p+1. The Balaban J connectivity index is 1.63. The van der Waals surface area contributed by atoms with Crippen LogP contribution in [0.15, 0.2) is 24.3 Å². The minimum atomic E-state index is 0.137. The van der Waals surface area contributed by atoms with Crippen LogP contribution in [0.2, 0.25) is 0 Å². The molecule has 2 N–H and O–H groups in total. The average Bonchev–Trinajstić information content (AvgIpc) is 2.62. The van der Waals surface area contributed by atoms with Gasteiger partial charge in [0, 0.05) is 18.8 Å².